The van der Waals surface area contributed by atoms with E-state index >= 15 is 0 Å². The van der Waals surface area contributed by atoms with Gasteiger partial charge in [-0.1, -0.05) is 32.9 Å². The predicted molar refractivity (Wildman–Crippen MR) is 97.0 cm³/mol. The first-order chi connectivity index (χ1) is 13.0. The Morgan fingerprint density at radius 1 is 1.21 bits per heavy atom. The minimum absolute atomic E-state index is 0.0758. The molecule has 2 aliphatic rings. The normalized spacial score (nSPS) is 42.7. The van der Waals surface area contributed by atoms with Crippen LogP contribution in [0.25, 0.3) is 0 Å². The van der Waals surface area contributed by atoms with Crippen LogP contribution in [-0.4, -0.2) is 92.0 Å². The number of Topliss-reactive ketones (excluding diaryl/α,β-unsaturated/α-hetero) is 1. The fraction of sp³-hybridized carbons (Fsp3) is 0.842. The van der Waals surface area contributed by atoms with Gasteiger partial charge >= 0.3 is 0 Å². The molecule has 0 bridgehead atoms. The van der Waals surface area contributed by atoms with E-state index in [-0.39, 0.29) is 24.5 Å². The minimum Gasteiger partial charge on any atom is -0.394 e. The molecule has 0 radical (unpaired) electrons. The third-order valence-corrected chi connectivity index (χ3v) is 5.91. The predicted octanol–water partition coefficient (Wildman–Crippen LogP) is -1.52. The summed E-state index contributed by atoms with van der Waals surface area (Å²) in [5.74, 6) is -0.265. The highest BCUT2D eigenvalue weighted by Crippen LogP contribution is 2.46. The molecule has 1 aliphatic carbocycles. The van der Waals surface area contributed by atoms with Gasteiger partial charge in [-0.25, -0.2) is 0 Å². The SMILES string of the molecule is CC1CC(=O)CC(C)(C)C1(O)/C=C/C(CO)O[C@@H]1O[C@H](CO)[C@@H](O)[C@H](O)[C@H]1O. The van der Waals surface area contributed by atoms with E-state index in [0.29, 0.717) is 0 Å². The summed E-state index contributed by atoms with van der Waals surface area (Å²) in [5.41, 5.74) is -2.03. The molecule has 6 N–H and O–H groups in total. The molecule has 1 heterocycles. The highest BCUT2D eigenvalue weighted by atomic mass is 16.7. The second kappa shape index (κ2) is 8.85. The van der Waals surface area contributed by atoms with E-state index in [9.17, 15) is 35.4 Å². The third-order valence-electron chi connectivity index (χ3n) is 5.91. The second-order valence-electron chi connectivity index (χ2n) is 8.44. The number of rotatable bonds is 6. The van der Waals surface area contributed by atoms with Crippen LogP contribution in [0.3, 0.4) is 0 Å². The molecule has 0 aromatic rings. The quantitative estimate of drug-likeness (QED) is 0.289. The molecule has 0 spiro atoms. The molecule has 3 unspecified atom stereocenters. The van der Waals surface area contributed by atoms with Crippen LogP contribution in [0.5, 0.6) is 0 Å². The average molecular weight is 404 g/mol. The molecule has 1 saturated carbocycles. The van der Waals surface area contributed by atoms with Crippen molar-refractivity contribution in [2.24, 2.45) is 11.3 Å². The summed E-state index contributed by atoms with van der Waals surface area (Å²) in [6.07, 6.45) is -4.83. The molecular formula is C19H32O9. The smallest absolute Gasteiger partial charge is 0.187 e. The van der Waals surface area contributed by atoms with E-state index in [1.54, 1.807) is 20.8 Å². The second-order valence-corrected chi connectivity index (χ2v) is 8.44. The maximum Gasteiger partial charge on any atom is 0.187 e. The number of hydrogen-bond donors (Lipinski definition) is 6. The van der Waals surface area contributed by atoms with Crippen molar-refractivity contribution in [2.45, 2.75) is 76.0 Å². The topological polar surface area (TPSA) is 157 Å². The fourth-order valence-corrected chi connectivity index (χ4v) is 4.02. The Labute approximate surface area is 164 Å². The van der Waals surface area contributed by atoms with Crippen LogP contribution in [0.4, 0.5) is 0 Å². The first-order valence-corrected chi connectivity index (χ1v) is 9.47. The maximum absolute atomic E-state index is 11.9. The van der Waals surface area contributed by atoms with E-state index in [1.165, 1.54) is 12.2 Å². The van der Waals surface area contributed by atoms with Crippen molar-refractivity contribution >= 4 is 5.78 Å². The zero-order valence-electron chi connectivity index (χ0n) is 16.4. The number of aliphatic hydroxyl groups excluding tert-OH is 5. The lowest BCUT2D eigenvalue weighted by Gasteiger charge is -2.48. The van der Waals surface area contributed by atoms with E-state index in [0.717, 1.165) is 0 Å². The average Bonchev–Trinajstić information content (AvgIpc) is 2.62. The van der Waals surface area contributed by atoms with Gasteiger partial charge in [-0.3, -0.25) is 4.79 Å². The number of carbonyl (C=O) groups is 1. The zero-order valence-corrected chi connectivity index (χ0v) is 16.4. The molecule has 0 aromatic heterocycles. The van der Waals surface area contributed by atoms with Crippen LogP contribution < -0.4 is 0 Å². The van der Waals surface area contributed by atoms with Gasteiger partial charge in [0.2, 0.25) is 0 Å². The third kappa shape index (κ3) is 4.47. The van der Waals surface area contributed by atoms with E-state index < -0.39 is 61.0 Å². The van der Waals surface area contributed by atoms with Gasteiger partial charge < -0.3 is 40.1 Å². The molecule has 9 heteroatoms. The van der Waals surface area contributed by atoms with Crippen LogP contribution in [0.2, 0.25) is 0 Å². The van der Waals surface area contributed by atoms with Gasteiger partial charge in [-0.05, 0) is 5.92 Å². The van der Waals surface area contributed by atoms with Gasteiger partial charge in [0.05, 0.1) is 18.8 Å². The van der Waals surface area contributed by atoms with Gasteiger partial charge in [0.1, 0.15) is 36.3 Å². The fourth-order valence-electron chi connectivity index (χ4n) is 4.02. The minimum atomic E-state index is -1.59. The summed E-state index contributed by atoms with van der Waals surface area (Å²) < 4.78 is 10.8. The monoisotopic (exact) mass is 404 g/mol. The number of hydrogen-bond acceptors (Lipinski definition) is 9. The van der Waals surface area contributed by atoms with Crippen molar-refractivity contribution in [3.8, 4) is 0 Å². The van der Waals surface area contributed by atoms with Gasteiger partial charge in [0.25, 0.3) is 0 Å². The number of ketones is 1. The Bertz CT molecular complexity index is 576. The van der Waals surface area contributed by atoms with Gasteiger partial charge in [0.15, 0.2) is 6.29 Å². The first kappa shape index (κ1) is 23.4. The lowest BCUT2D eigenvalue weighted by molar-refractivity contribution is -0.309. The lowest BCUT2D eigenvalue weighted by Crippen LogP contribution is -2.59. The Balaban J connectivity index is 2.14. The Morgan fingerprint density at radius 2 is 1.86 bits per heavy atom. The highest BCUT2D eigenvalue weighted by Gasteiger charge is 2.51. The number of carbonyl (C=O) groups excluding carboxylic acids is 1. The molecule has 1 aliphatic heterocycles. The summed E-state index contributed by atoms with van der Waals surface area (Å²) in [6.45, 7) is 4.25. The van der Waals surface area contributed by atoms with Gasteiger partial charge in [-0.15, -0.1) is 0 Å². The summed E-state index contributed by atoms with van der Waals surface area (Å²) >= 11 is 0. The van der Waals surface area contributed by atoms with Crippen LogP contribution in [-0.2, 0) is 14.3 Å². The van der Waals surface area contributed by atoms with Crippen LogP contribution >= 0.6 is 0 Å². The molecule has 9 nitrogen and oxygen atoms in total. The molecule has 162 valence electrons. The molecule has 0 aromatic carbocycles. The van der Waals surface area contributed by atoms with E-state index in [4.69, 9.17) is 9.47 Å². The summed E-state index contributed by atoms with van der Waals surface area (Å²) in [7, 11) is 0. The standard InChI is InChI=1S/C19H32O9/c1-10-6-11(22)7-18(2,3)19(10,26)5-4-12(8-20)27-17-16(25)15(24)14(23)13(9-21)28-17/h4-5,10,12-17,20-21,23-26H,6-9H2,1-3H3/b5-4+/t10?,12?,13-,14-,15+,16-,17-,19?/m1/s1. The summed E-state index contributed by atoms with van der Waals surface area (Å²) in [4.78, 5) is 11.9. The highest BCUT2D eigenvalue weighted by molar-refractivity contribution is 5.81. The molecule has 0 amide bonds. The zero-order chi connectivity index (χ0) is 21.3. The van der Waals surface area contributed by atoms with E-state index in [1.807, 2.05) is 0 Å². The van der Waals surface area contributed by atoms with Crippen molar-refractivity contribution in [3.05, 3.63) is 12.2 Å². The summed E-state index contributed by atoms with van der Waals surface area (Å²) in [5, 5.41) is 59.7. The Kier molecular flexibility index (Phi) is 7.38. The van der Waals surface area contributed by atoms with Crippen molar-refractivity contribution in [3.63, 3.8) is 0 Å². The van der Waals surface area contributed by atoms with Gasteiger partial charge in [0, 0.05) is 18.3 Å². The van der Waals surface area contributed by atoms with Crippen molar-refractivity contribution in [1.82, 2.24) is 0 Å². The lowest BCUT2D eigenvalue weighted by atomic mass is 9.60. The molecular weight excluding hydrogens is 372 g/mol. The van der Waals surface area contributed by atoms with Crippen LogP contribution in [0, 0.1) is 11.3 Å². The number of aliphatic hydroxyl groups is 6. The van der Waals surface area contributed by atoms with Crippen molar-refractivity contribution < 1.29 is 44.9 Å². The molecule has 1 saturated heterocycles. The summed E-state index contributed by atoms with van der Waals surface area (Å²) in [6, 6.07) is 0. The first-order valence-electron chi connectivity index (χ1n) is 9.47. The maximum atomic E-state index is 11.9. The molecule has 2 fully saturated rings. The molecule has 2 rings (SSSR count). The van der Waals surface area contributed by atoms with Crippen LogP contribution in [0.1, 0.15) is 33.6 Å². The number of ether oxygens (including phenoxy) is 2. The van der Waals surface area contributed by atoms with Crippen molar-refractivity contribution in [2.75, 3.05) is 13.2 Å². The van der Waals surface area contributed by atoms with Crippen LogP contribution in [0.15, 0.2) is 12.2 Å². The Morgan fingerprint density at radius 3 is 2.39 bits per heavy atom. The van der Waals surface area contributed by atoms with E-state index in [2.05, 4.69) is 0 Å². The Hall–Kier alpha value is -0.910. The largest absolute Gasteiger partial charge is 0.394 e. The molecule has 8 atom stereocenters. The van der Waals surface area contributed by atoms with Gasteiger partial charge in [-0.2, -0.15) is 0 Å². The molecule has 28 heavy (non-hydrogen) atoms. The van der Waals surface area contributed by atoms with Crippen molar-refractivity contribution in [1.29, 1.82) is 0 Å².